The van der Waals surface area contributed by atoms with Gasteiger partial charge in [-0.2, -0.15) is 10.5 Å². The lowest BCUT2D eigenvalue weighted by Crippen LogP contribution is -2.76. The number of nitriles is 2. The molecule has 0 saturated heterocycles. The minimum absolute atomic E-state index is 0.0120. The Morgan fingerprint density at radius 1 is 0.488 bits per heavy atom. The monoisotopic (exact) mass is 528 g/mol. The fourth-order valence-corrected chi connectivity index (χ4v) is 6.93. The zero-order chi connectivity index (χ0) is 28.8. The zero-order valence-electron chi connectivity index (χ0n) is 23.6. The lowest BCUT2D eigenvalue weighted by Gasteiger charge is -2.36. The van der Waals surface area contributed by atoms with E-state index >= 15 is 4.39 Å². The van der Waals surface area contributed by atoms with E-state index in [2.05, 4.69) is 88.4 Å². The molecule has 0 aromatic heterocycles. The van der Waals surface area contributed by atoms with Gasteiger partial charge in [-0.3, -0.25) is 0 Å². The molecule has 6 rings (SSSR count). The molecule has 41 heavy (non-hydrogen) atoms. The van der Waals surface area contributed by atoms with Gasteiger partial charge in [-0.15, -0.1) is 0 Å². The first-order chi connectivity index (χ1) is 19.9. The van der Waals surface area contributed by atoms with Gasteiger partial charge in [0.05, 0.1) is 11.6 Å². The van der Waals surface area contributed by atoms with Crippen LogP contribution in [0.4, 0.5) is 4.39 Å². The van der Waals surface area contributed by atoms with Crippen molar-refractivity contribution >= 4 is 46.2 Å². The van der Waals surface area contributed by atoms with Gasteiger partial charge >= 0.3 is 0 Å². The molecule has 1 heterocycles. The first kappa shape index (κ1) is 26.4. The van der Waals surface area contributed by atoms with Crippen molar-refractivity contribution < 1.29 is 4.39 Å². The topological polar surface area (TPSA) is 47.6 Å². The van der Waals surface area contributed by atoms with E-state index in [-0.39, 0.29) is 19.0 Å². The minimum atomic E-state index is -0.565. The minimum Gasteiger partial charge on any atom is -0.205 e. The summed E-state index contributed by atoms with van der Waals surface area (Å²) in [4.78, 5) is 0. The van der Waals surface area contributed by atoms with Gasteiger partial charge in [0.2, 0.25) is 13.4 Å². The maximum absolute atomic E-state index is 15.7. The highest BCUT2D eigenvalue weighted by Crippen LogP contribution is 2.25. The average molecular weight is 528 g/mol. The van der Waals surface area contributed by atoms with Crippen LogP contribution < -0.4 is 32.8 Å². The summed E-state index contributed by atoms with van der Waals surface area (Å²) < 4.78 is 15.7. The van der Waals surface area contributed by atoms with Gasteiger partial charge in [0.15, 0.2) is 0 Å². The van der Waals surface area contributed by atoms with Gasteiger partial charge in [-0.25, -0.2) is 4.39 Å². The molecule has 0 unspecified atom stereocenters. The highest BCUT2D eigenvalue weighted by Gasteiger charge is 2.42. The number of halogens is 1. The van der Waals surface area contributed by atoms with Crippen molar-refractivity contribution in [3.05, 3.63) is 130 Å². The molecule has 5 heteroatoms. The fourth-order valence-electron chi connectivity index (χ4n) is 6.93. The summed E-state index contributed by atoms with van der Waals surface area (Å²) in [7, 11) is 0. The molecule has 1 aliphatic heterocycles. The predicted octanol–water partition coefficient (Wildman–Crippen LogP) is 3.82. The first-order valence-electron chi connectivity index (χ1n) is 13.8. The quantitative estimate of drug-likeness (QED) is 0.328. The molecule has 0 saturated carbocycles. The Bertz CT molecular complexity index is 1870. The van der Waals surface area contributed by atoms with Gasteiger partial charge < -0.3 is 0 Å². The molecule has 1 aliphatic rings. The van der Waals surface area contributed by atoms with Crippen LogP contribution in [0.15, 0.2) is 91.0 Å². The van der Waals surface area contributed by atoms with Gasteiger partial charge in [0.25, 0.3) is 0 Å². The van der Waals surface area contributed by atoms with E-state index in [0.717, 1.165) is 16.4 Å². The Kier molecular flexibility index (Phi) is 6.61. The fraction of sp³-hybridized carbons (Fsp3) is 0.111. The van der Waals surface area contributed by atoms with E-state index in [0.29, 0.717) is 16.7 Å². The number of rotatable bonds is 3. The van der Waals surface area contributed by atoms with Crippen molar-refractivity contribution in [2.45, 2.75) is 27.7 Å². The normalized spacial score (nSPS) is 11.9. The summed E-state index contributed by atoms with van der Waals surface area (Å²) in [5.41, 5.74) is 13.1. The zero-order valence-corrected chi connectivity index (χ0v) is 23.6. The van der Waals surface area contributed by atoms with Gasteiger partial charge in [-0.1, -0.05) is 128 Å². The van der Waals surface area contributed by atoms with E-state index in [9.17, 15) is 10.5 Å². The Balaban J connectivity index is 1.76. The number of benzene rings is 5. The summed E-state index contributed by atoms with van der Waals surface area (Å²) in [6.45, 7) is 8.41. The third-order valence-corrected chi connectivity index (χ3v) is 8.67. The molecule has 2 nitrogen and oxygen atoms in total. The second kappa shape index (κ2) is 10.3. The number of nitrogens with zero attached hydrogens (tertiary/aromatic N) is 2. The second-order valence-electron chi connectivity index (χ2n) is 11.0. The molecule has 194 valence electrons. The summed E-state index contributed by atoms with van der Waals surface area (Å²) in [6, 6.07) is 34.0. The summed E-state index contributed by atoms with van der Waals surface area (Å²) in [5, 5.41) is 20.0. The maximum atomic E-state index is 15.7. The third kappa shape index (κ3) is 4.09. The number of hydrogen-bond acceptors (Lipinski definition) is 2. The molecule has 5 aromatic rings. The molecule has 0 radical (unpaired) electrons. The van der Waals surface area contributed by atoms with Crippen LogP contribution in [-0.2, 0) is 0 Å². The summed E-state index contributed by atoms with van der Waals surface area (Å²) in [6.07, 6.45) is 0. The van der Waals surface area contributed by atoms with E-state index in [1.807, 2.05) is 18.2 Å². The largest absolute Gasteiger partial charge is 0.242 e. The Morgan fingerprint density at radius 2 is 0.927 bits per heavy atom. The van der Waals surface area contributed by atoms with E-state index in [4.69, 9.17) is 0 Å². The van der Waals surface area contributed by atoms with Gasteiger partial charge in [0, 0.05) is 11.1 Å². The molecule has 0 bridgehead atoms. The van der Waals surface area contributed by atoms with E-state index in [1.54, 1.807) is 18.2 Å². The highest BCUT2D eigenvalue weighted by atomic mass is 19.1. The molecule has 0 atom stereocenters. The Labute approximate surface area is 241 Å². The highest BCUT2D eigenvalue weighted by molar-refractivity contribution is 7.12. The predicted molar refractivity (Wildman–Crippen MR) is 169 cm³/mol. The van der Waals surface area contributed by atoms with E-state index < -0.39 is 5.82 Å². The molecule has 0 amide bonds. The molecular formula is C36H27B2FN2. The van der Waals surface area contributed by atoms with Crippen molar-refractivity contribution in [1.82, 2.24) is 0 Å². The van der Waals surface area contributed by atoms with Crippen molar-refractivity contribution in [2.75, 3.05) is 0 Å². The van der Waals surface area contributed by atoms with Crippen LogP contribution in [-0.4, -0.2) is 13.4 Å². The van der Waals surface area contributed by atoms with Crippen LogP contribution in [0, 0.1) is 56.2 Å². The molecule has 0 fully saturated rings. The van der Waals surface area contributed by atoms with Gasteiger partial charge in [0.1, 0.15) is 11.9 Å². The molecule has 0 spiro atoms. The summed E-state index contributed by atoms with van der Waals surface area (Å²) in [5.74, 6) is -0.565. The first-order valence-corrected chi connectivity index (χ1v) is 13.8. The van der Waals surface area contributed by atoms with E-state index in [1.165, 1.54) is 44.7 Å². The number of hydrogen-bond donors (Lipinski definition) is 0. The number of aryl methyl sites for hydroxylation is 4. The van der Waals surface area contributed by atoms with Crippen molar-refractivity contribution in [2.24, 2.45) is 0 Å². The molecular weight excluding hydrogens is 501 g/mol. The summed E-state index contributed by atoms with van der Waals surface area (Å²) >= 11 is 0. The van der Waals surface area contributed by atoms with Crippen LogP contribution >= 0.6 is 0 Å². The second-order valence-corrected chi connectivity index (χ2v) is 11.0. The lowest BCUT2D eigenvalue weighted by molar-refractivity contribution is 0.627. The maximum Gasteiger partial charge on any atom is 0.242 e. The van der Waals surface area contributed by atoms with Crippen molar-refractivity contribution in [3.8, 4) is 23.3 Å². The molecule has 5 aromatic carbocycles. The average Bonchev–Trinajstić information content (AvgIpc) is 2.97. The molecule has 0 N–H and O–H groups in total. The van der Waals surface area contributed by atoms with Gasteiger partial charge in [-0.05, 0) is 50.9 Å². The smallest absolute Gasteiger partial charge is 0.205 e. The Morgan fingerprint density at radius 3 is 1.46 bits per heavy atom. The van der Waals surface area contributed by atoms with Crippen molar-refractivity contribution in [1.29, 1.82) is 10.5 Å². The van der Waals surface area contributed by atoms with Crippen LogP contribution in [0.25, 0.3) is 11.1 Å². The lowest BCUT2D eigenvalue weighted by atomic mass is 9.19. The standard InChI is InChI=1S/C36H27B2FN2/c1-22-10-5-11-23(2)32(22)38-33-24(3)12-6-18-30(33)37(31-19-7-13-25(4)34(31)38)35-26(20-40)14-8-16-28(35)29-17-9-15-27(21-41)36(29)39/h5-19H,1-4H3. The third-order valence-electron chi connectivity index (χ3n) is 8.67. The van der Waals surface area contributed by atoms with Crippen LogP contribution in [0.3, 0.4) is 0 Å². The number of fused-ring (bicyclic) bond motifs is 2. The van der Waals surface area contributed by atoms with Crippen LogP contribution in [0.5, 0.6) is 0 Å². The Hall–Kier alpha value is -4.86. The SMILES string of the molecule is Cc1cccc(C)c1B1c2c(C)cccc2B(c2c(C#N)cccc2-c2cccc(C#N)c2F)c2cccc(C)c21. The molecule has 0 aliphatic carbocycles. The van der Waals surface area contributed by atoms with Crippen LogP contribution in [0.1, 0.15) is 33.4 Å². The van der Waals surface area contributed by atoms with Crippen molar-refractivity contribution in [3.63, 3.8) is 0 Å². The van der Waals surface area contributed by atoms with Crippen LogP contribution in [0.2, 0.25) is 0 Å².